The molecule has 0 aliphatic heterocycles. The molecule has 3 aromatic rings. The zero-order valence-electron chi connectivity index (χ0n) is 13.1. The molecule has 7 heteroatoms. The summed E-state index contributed by atoms with van der Waals surface area (Å²) in [6.45, 7) is 0. The molecule has 0 radical (unpaired) electrons. The lowest BCUT2D eigenvalue weighted by Crippen LogP contribution is -2.12. The van der Waals surface area contributed by atoms with Crippen molar-refractivity contribution >= 4 is 34.9 Å². The van der Waals surface area contributed by atoms with E-state index in [2.05, 4.69) is 14.9 Å². The number of ether oxygens (including phenoxy) is 1. The van der Waals surface area contributed by atoms with E-state index in [1.807, 2.05) is 54.8 Å². The van der Waals surface area contributed by atoms with Gasteiger partial charge in [-0.2, -0.15) is 0 Å². The molecule has 1 N–H and O–H groups in total. The number of nitrogens with zero attached hydrogens (tertiary/aromatic N) is 2. The number of carbonyl (C=O) groups is 1. The molecule has 0 fully saturated rings. The van der Waals surface area contributed by atoms with E-state index in [1.54, 1.807) is 18.9 Å². The molecule has 1 amide bonds. The third-order valence-electron chi connectivity index (χ3n) is 3.41. The SMILES string of the molecule is COc1ccc(-c2nnsc2C(=O)Nc2ccccc2SC)cc1. The minimum Gasteiger partial charge on any atom is -0.497 e. The second-order valence-corrected chi connectivity index (χ2v) is 6.44. The Kier molecular flexibility index (Phi) is 5.12. The van der Waals surface area contributed by atoms with Gasteiger partial charge in [0.1, 0.15) is 16.3 Å². The lowest BCUT2D eigenvalue weighted by molar-refractivity contribution is 0.103. The van der Waals surface area contributed by atoms with Crippen molar-refractivity contribution in [2.75, 3.05) is 18.7 Å². The maximum atomic E-state index is 12.6. The van der Waals surface area contributed by atoms with Gasteiger partial charge in [0, 0.05) is 10.5 Å². The van der Waals surface area contributed by atoms with Crippen LogP contribution in [0.2, 0.25) is 0 Å². The van der Waals surface area contributed by atoms with Crippen LogP contribution in [0.15, 0.2) is 53.4 Å². The van der Waals surface area contributed by atoms with Crippen LogP contribution in [-0.4, -0.2) is 28.9 Å². The molecule has 24 heavy (non-hydrogen) atoms. The highest BCUT2D eigenvalue weighted by molar-refractivity contribution is 7.98. The molecule has 0 spiro atoms. The summed E-state index contributed by atoms with van der Waals surface area (Å²) in [5.41, 5.74) is 2.18. The topological polar surface area (TPSA) is 64.1 Å². The number of thioether (sulfide) groups is 1. The van der Waals surface area contributed by atoms with Gasteiger partial charge in [0.15, 0.2) is 0 Å². The Balaban J connectivity index is 1.87. The van der Waals surface area contributed by atoms with Crippen LogP contribution >= 0.6 is 23.3 Å². The zero-order chi connectivity index (χ0) is 16.9. The maximum absolute atomic E-state index is 12.6. The fraction of sp³-hybridized carbons (Fsp3) is 0.118. The van der Waals surface area contributed by atoms with Crippen molar-refractivity contribution in [2.24, 2.45) is 0 Å². The summed E-state index contributed by atoms with van der Waals surface area (Å²) >= 11 is 2.67. The maximum Gasteiger partial charge on any atom is 0.269 e. The van der Waals surface area contributed by atoms with Crippen molar-refractivity contribution in [3.63, 3.8) is 0 Å². The number of rotatable bonds is 5. The van der Waals surface area contributed by atoms with Crippen LogP contribution in [0.5, 0.6) is 5.75 Å². The first-order valence-corrected chi connectivity index (χ1v) is 9.14. The lowest BCUT2D eigenvalue weighted by Gasteiger charge is -2.08. The van der Waals surface area contributed by atoms with E-state index in [-0.39, 0.29) is 5.91 Å². The van der Waals surface area contributed by atoms with E-state index >= 15 is 0 Å². The van der Waals surface area contributed by atoms with Gasteiger partial charge in [-0.3, -0.25) is 4.79 Å². The number of amides is 1. The molecular formula is C17H15N3O2S2. The predicted molar refractivity (Wildman–Crippen MR) is 98.1 cm³/mol. The summed E-state index contributed by atoms with van der Waals surface area (Å²) in [5, 5.41) is 7.05. The summed E-state index contributed by atoms with van der Waals surface area (Å²) in [6, 6.07) is 15.1. The first-order chi connectivity index (χ1) is 11.7. The van der Waals surface area contributed by atoms with Crippen LogP contribution in [-0.2, 0) is 0 Å². The van der Waals surface area contributed by atoms with E-state index in [9.17, 15) is 4.79 Å². The standard InChI is InChI=1S/C17H15N3O2S2/c1-22-12-9-7-11(8-10-12)15-16(24-20-19-15)17(21)18-13-5-3-4-6-14(13)23-2/h3-10H,1-2H3,(H,18,21). The number of nitrogens with one attached hydrogen (secondary N) is 1. The number of benzene rings is 2. The van der Waals surface area contributed by atoms with E-state index < -0.39 is 0 Å². The van der Waals surface area contributed by atoms with Gasteiger partial charge in [-0.05, 0) is 54.2 Å². The van der Waals surface area contributed by atoms with Gasteiger partial charge >= 0.3 is 0 Å². The molecule has 0 saturated heterocycles. The summed E-state index contributed by atoms with van der Waals surface area (Å²) in [5.74, 6) is 0.541. The number of carbonyl (C=O) groups excluding carboxylic acids is 1. The molecule has 0 saturated carbocycles. The van der Waals surface area contributed by atoms with Crippen LogP contribution in [0, 0.1) is 0 Å². The first kappa shape index (κ1) is 16.5. The summed E-state index contributed by atoms with van der Waals surface area (Å²) in [7, 11) is 1.61. The van der Waals surface area contributed by atoms with Crippen molar-refractivity contribution in [2.45, 2.75) is 4.90 Å². The molecular weight excluding hydrogens is 342 g/mol. The van der Waals surface area contributed by atoms with Gasteiger partial charge < -0.3 is 10.1 Å². The Morgan fingerprint density at radius 3 is 2.62 bits per heavy atom. The monoisotopic (exact) mass is 357 g/mol. The molecule has 0 aliphatic rings. The number of anilines is 1. The smallest absolute Gasteiger partial charge is 0.269 e. The molecule has 0 atom stereocenters. The highest BCUT2D eigenvalue weighted by Gasteiger charge is 2.18. The molecule has 2 aromatic carbocycles. The molecule has 0 aliphatic carbocycles. The number of aromatic nitrogens is 2. The van der Waals surface area contributed by atoms with Crippen molar-refractivity contribution in [3.05, 3.63) is 53.4 Å². The highest BCUT2D eigenvalue weighted by Crippen LogP contribution is 2.29. The Morgan fingerprint density at radius 1 is 1.17 bits per heavy atom. The Labute approximate surface area is 148 Å². The molecule has 1 aromatic heterocycles. The molecule has 3 rings (SSSR count). The zero-order valence-corrected chi connectivity index (χ0v) is 14.8. The van der Waals surface area contributed by atoms with Crippen LogP contribution in [0.3, 0.4) is 0 Å². The van der Waals surface area contributed by atoms with E-state index in [0.29, 0.717) is 10.6 Å². The molecule has 5 nitrogen and oxygen atoms in total. The van der Waals surface area contributed by atoms with Crippen molar-refractivity contribution < 1.29 is 9.53 Å². The minimum atomic E-state index is -0.211. The van der Waals surface area contributed by atoms with E-state index in [0.717, 1.165) is 33.4 Å². The molecule has 0 bridgehead atoms. The van der Waals surface area contributed by atoms with Crippen molar-refractivity contribution in [1.82, 2.24) is 9.59 Å². The van der Waals surface area contributed by atoms with E-state index in [4.69, 9.17) is 4.74 Å². The fourth-order valence-corrected chi connectivity index (χ4v) is 3.34. The normalized spacial score (nSPS) is 10.4. The quantitative estimate of drug-likeness (QED) is 0.694. The van der Waals surface area contributed by atoms with Crippen molar-refractivity contribution in [3.8, 4) is 17.0 Å². The third kappa shape index (κ3) is 3.42. The highest BCUT2D eigenvalue weighted by atomic mass is 32.2. The van der Waals surface area contributed by atoms with Gasteiger partial charge in [-0.25, -0.2) is 0 Å². The number of methoxy groups -OCH3 is 1. The molecule has 0 unspecified atom stereocenters. The van der Waals surface area contributed by atoms with Crippen LogP contribution in [0.4, 0.5) is 5.69 Å². The van der Waals surface area contributed by atoms with E-state index in [1.165, 1.54) is 0 Å². The largest absolute Gasteiger partial charge is 0.497 e. The minimum absolute atomic E-state index is 0.211. The lowest BCUT2D eigenvalue weighted by atomic mass is 10.1. The van der Waals surface area contributed by atoms with Gasteiger partial charge in [-0.15, -0.1) is 16.9 Å². The second kappa shape index (κ2) is 7.46. The number of hydrogen-bond acceptors (Lipinski definition) is 6. The summed E-state index contributed by atoms with van der Waals surface area (Å²) < 4.78 is 9.09. The molecule has 122 valence electrons. The van der Waals surface area contributed by atoms with Gasteiger partial charge in [0.25, 0.3) is 5.91 Å². The van der Waals surface area contributed by atoms with Gasteiger partial charge in [-0.1, -0.05) is 16.6 Å². The van der Waals surface area contributed by atoms with Crippen molar-refractivity contribution in [1.29, 1.82) is 0 Å². The third-order valence-corrected chi connectivity index (χ3v) is 4.93. The molecule has 1 heterocycles. The van der Waals surface area contributed by atoms with Gasteiger partial charge in [0.2, 0.25) is 0 Å². The average molecular weight is 357 g/mol. The van der Waals surface area contributed by atoms with Crippen LogP contribution < -0.4 is 10.1 Å². The Morgan fingerprint density at radius 2 is 1.92 bits per heavy atom. The van der Waals surface area contributed by atoms with Crippen LogP contribution in [0.25, 0.3) is 11.3 Å². The van der Waals surface area contributed by atoms with Gasteiger partial charge in [0.05, 0.1) is 12.8 Å². The average Bonchev–Trinajstić information content (AvgIpc) is 3.12. The Bertz CT molecular complexity index is 847. The van der Waals surface area contributed by atoms with Crippen LogP contribution in [0.1, 0.15) is 9.67 Å². The number of hydrogen-bond donors (Lipinski definition) is 1. The summed E-state index contributed by atoms with van der Waals surface area (Å²) in [6.07, 6.45) is 1.97. The second-order valence-electron chi connectivity index (χ2n) is 4.83. The summed E-state index contributed by atoms with van der Waals surface area (Å²) in [4.78, 5) is 14.1. The predicted octanol–water partition coefficient (Wildman–Crippen LogP) is 4.19. The first-order valence-electron chi connectivity index (χ1n) is 7.14. The Hall–Kier alpha value is -2.38. The number of para-hydroxylation sites is 1. The fourth-order valence-electron chi connectivity index (χ4n) is 2.20.